The van der Waals surface area contributed by atoms with Crippen molar-refractivity contribution in [2.75, 3.05) is 33.0 Å². The summed E-state index contributed by atoms with van der Waals surface area (Å²) in [5, 5.41) is 26.3. The molecule has 5 heteroatoms. The van der Waals surface area contributed by atoms with Gasteiger partial charge in [-0.2, -0.15) is 0 Å². The Morgan fingerprint density at radius 3 is 2.43 bits per heavy atom. The van der Waals surface area contributed by atoms with Crippen LogP contribution in [0.5, 0.6) is 0 Å². The second-order valence-corrected chi connectivity index (χ2v) is 2.80. The van der Waals surface area contributed by atoms with Crippen LogP contribution in [0.1, 0.15) is 0 Å². The summed E-state index contributed by atoms with van der Waals surface area (Å²) in [6.07, 6.45) is 0.205. The molecule has 2 atom stereocenters. The molecule has 0 aliphatic carbocycles. The van der Waals surface area contributed by atoms with Gasteiger partial charge in [-0.3, -0.25) is 0 Å². The van der Waals surface area contributed by atoms with Gasteiger partial charge in [-0.25, -0.2) is 0 Å². The van der Waals surface area contributed by atoms with Gasteiger partial charge in [0, 0.05) is 0 Å². The molecule has 0 fully saturated rings. The molecule has 0 aliphatic heterocycles. The van der Waals surface area contributed by atoms with Crippen LogP contribution in [0.4, 0.5) is 0 Å². The monoisotopic (exact) mass is 206 g/mol. The lowest BCUT2D eigenvalue weighted by molar-refractivity contribution is -0.0733. The fourth-order valence-corrected chi connectivity index (χ4v) is 0.736. The molecule has 84 valence electrons. The summed E-state index contributed by atoms with van der Waals surface area (Å²) in [4.78, 5) is 0. The van der Waals surface area contributed by atoms with Gasteiger partial charge in [-0.05, 0) is 0 Å². The average Bonchev–Trinajstić information content (AvgIpc) is 2.22. The van der Waals surface area contributed by atoms with Crippen molar-refractivity contribution in [3.05, 3.63) is 12.7 Å². The Hall–Kier alpha value is -0.460. The molecule has 3 N–H and O–H groups in total. The highest BCUT2D eigenvalue weighted by Gasteiger charge is 2.10. The van der Waals surface area contributed by atoms with Crippen molar-refractivity contribution in [1.82, 2.24) is 0 Å². The number of aliphatic hydroxyl groups is 3. The first kappa shape index (κ1) is 13.5. The maximum absolute atomic E-state index is 8.96. The lowest BCUT2D eigenvalue weighted by Crippen LogP contribution is -2.29. The Morgan fingerprint density at radius 1 is 1.21 bits per heavy atom. The maximum Gasteiger partial charge on any atom is 0.104 e. The van der Waals surface area contributed by atoms with Crippen LogP contribution in [0, 0.1) is 0 Å². The number of rotatable bonds is 9. The van der Waals surface area contributed by atoms with Crippen molar-refractivity contribution in [2.45, 2.75) is 12.2 Å². The number of hydrogen-bond acceptors (Lipinski definition) is 5. The molecule has 0 saturated heterocycles. The van der Waals surface area contributed by atoms with Crippen LogP contribution in [0.2, 0.25) is 0 Å². The van der Waals surface area contributed by atoms with Gasteiger partial charge in [0.15, 0.2) is 0 Å². The first-order valence-corrected chi connectivity index (χ1v) is 4.44. The summed E-state index contributed by atoms with van der Waals surface area (Å²) in [5.41, 5.74) is 0. The Labute approximate surface area is 83.6 Å². The standard InChI is InChI=1S/C9H18O5/c1-2-3-13-7-9(5-11)14-6-8(12)4-10/h2,8-12H,1,3-7H2. The Kier molecular flexibility index (Phi) is 8.81. The average molecular weight is 206 g/mol. The van der Waals surface area contributed by atoms with Gasteiger partial charge < -0.3 is 24.8 Å². The summed E-state index contributed by atoms with van der Waals surface area (Å²) < 4.78 is 10.1. The van der Waals surface area contributed by atoms with Gasteiger partial charge in [0.25, 0.3) is 0 Å². The zero-order chi connectivity index (χ0) is 10.8. The molecule has 0 bridgehead atoms. The highest BCUT2D eigenvalue weighted by molar-refractivity contribution is 4.65. The second kappa shape index (κ2) is 9.11. The zero-order valence-electron chi connectivity index (χ0n) is 8.13. The highest BCUT2D eigenvalue weighted by atomic mass is 16.5. The fraction of sp³-hybridized carbons (Fsp3) is 0.778. The van der Waals surface area contributed by atoms with Crippen LogP contribution in [0.25, 0.3) is 0 Å². The molecule has 0 spiro atoms. The van der Waals surface area contributed by atoms with Gasteiger partial charge >= 0.3 is 0 Å². The van der Waals surface area contributed by atoms with Crippen LogP contribution < -0.4 is 0 Å². The molecule has 0 radical (unpaired) electrons. The summed E-state index contributed by atoms with van der Waals surface area (Å²) >= 11 is 0. The zero-order valence-corrected chi connectivity index (χ0v) is 8.13. The quantitative estimate of drug-likeness (QED) is 0.330. The summed E-state index contributed by atoms with van der Waals surface area (Å²) in [6, 6.07) is 0. The van der Waals surface area contributed by atoms with Crippen molar-refractivity contribution in [3.63, 3.8) is 0 Å². The number of aliphatic hydroxyl groups excluding tert-OH is 3. The molecule has 0 aliphatic rings. The molecule has 0 saturated carbocycles. The lowest BCUT2D eigenvalue weighted by atomic mass is 10.3. The van der Waals surface area contributed by atoms with E-state index in [2.05, 4.69) is 6.58 Å². The van der Waals surface area contributed by atoms with Crippen molar-refractivity contribution < 1.29 is 24.8 Å². The van der Waals surface area contributed by atoms with E-state index in [1.165, 1.54) is 0 Å². The predicted molar refractivity (Wildman–Crippen MR) is 50.9 cm³/mol. The smallest absolute Gasteiger partial charge is 0.104 e. The Balaban J connectivity index is 3.51. The normalized spacial score (nSPS) is 15.1. The third kappa shape index (κ3) is 6.99. The van der Waals surface area contributed by atoms with Crippen molar-refractivity contribution >= 4 is 0 Å². The molecule has 0 amide bonds. The molecule has 14 heavy (non-hydrogen) atoms. The van der Waals surface area contributed by atoms with Gasteiger partial charge in [-0.1, -0.05) is 6.08 Å². The van der Waals surface area contributed by atoms with Crippen molar-refractivity contribution in [1.29, 1.82) is 0 Å². The van der Waals surface area contributed by atoms with E-state index in [1.807, 2.05) is 0 Å². The van der Waals surface area contributed by atoms with Gasteiger partial charge in [0.1, 0.15) is 12.2 Å². The van der Waals surface area contributed by atoms with Crippen LogP contribution in [0.15, 0.2) is 12.7 Å². The minimum absolute atomic E-state index is 0.0147. The van der Waals surface area contributed by atoms with Crippen molar-refractivity contribution in [3.8, 4) is 0 Å². The third-order valence-corrected chi connectivity index (χ3v) is 1.48. The van der Waals surface area contributed by atoms with Crippen LogP contribution >= 0.6 is 0 Å². The van der Waals surface area contributed by atoms with Crippen LogP contribution in [0.3, 0.4) is 0 Å². The largest absolute Gasteiger partial charge is 0.394 e. The minimum Gasteiger partial charge on any atom is -0.394 e. The topological polar surface area (TPSA) is 79.2 Å². The second-order valence-electron chi connectivity index (χ2n) is 2.80. The molecular weight excluding hydrogens is 188 g/mol. The maximum atomic E-state index is 8.96. The third-order valence-electron chi connectivity index (χ3n) is 1.48. The number of hydrogen-bond donors (Lipinski definition) is 3. The molecule has 0 aromatic rings. The number of ether oxygens (including phenoxy) is 2. The molecule has 2 unspecified atom stereocenters. The SMILES string of the molecule is C=CCOCC(CO)OCC(O)CO. The molecular formula is C9H18O5. The van der Waals surface area contributed by atoms with Crippen molar-refractivity contribution in [2.24, 2.45) is 0 Å². The van der Waals surface area contributed by atoms with Gasteiger partial charge in [0.05, 0.1) is 33.0 Å². The summed E-state index contributed by atoms with van der Waals surface area (Å²) in [6.45, 7) is 3.54. The Morgan fingerprint density at radius 2 is 1.93 bits per heavy atom. The summed E-state index contributed by atoms with van der Waals surface area (Å²) in [7, 11) is 0. The molecule has 0 rings (SSSR count). The molecule has 5 nitrogen and oxygen atoms in total. The molecule has 0 heterocycles. The van der Waals surface area contributed by atoms with E-state index >= 15 is 0 Å². The van der Waals surface area contributed by atoms with E-state index in [0.29, 0.717) is 6.61 Å². The highest BCUT2D eigenvalue weighted by Crippen LogP contribution is 1.95. The predicted octanol–water partition coefficient (Wildman–Crippen LogP) is -1.08. The lowest BCUT2D eigenvalue weighted by Gasteiger charge is -2.16. The fourth-order valence-electron chi connectivity index (χ4n) is 0.736. The van der Waals surface area contributed by atoms with E-state index in [9.17, 15) is 0 Å². The molecule has 0 aromatic heterocycles. The van der Waals surface area contributed by atoms with Gasteiger partial charge in [-0.15, -0.1) is 6.58 Å². The Bertz CT molecular complexity index is 139. The minimum atomic E-state index is -0.913. The van der Waals surface area contributed by atoms with E-state index < -0.39 is 12.2 Å². The van der Waals surface area contributed by atoms with E-state index in [1.54, 1.807) is 6.08 Å². The first-order chi connectivity index (χ1) is 6.74. The van der Waals surface area contributed by atoms with E-state index in [4.69, 9.17) is 24.8 Å². The van der Waals surface area contributed by atoms with E-state index in [-0.39, 0.29) is 26.4 Å². The van der Waals surface area contributed by atoms with Crippen LogP contribution in [-0.2, 0) is 9.47 Å². The molecule has 0 aromatic carbocycles. The van der Waals surface area contributed by atoms with Crippen LogP contribution in [-0.4, -0.2) is 60.6 Å². The van der Waals surface area contributed by atoms with E-state index in [0.717, 1.165) is 0 Å². The first-order valence-electron chi connectivity index (χ1n) is 4.44. The summed E-state index contributed by atoms with van der Waals surface area (Å²) in [5.74, 6) is 0. The van der Waals surface area contributed by atoms with Gasteiger partial charge in [0.2, 0.25) is 0 Å².